The summed E-state index contributed by atoms with van der Waals surface area (Å²) < 4.78 is 11.1. The summed E-state index contributed by atoms with van der Waals surface area (Å²) in [4.78, 5) is 0. The molecule has 0 aromatic carbocycles. The molecule has 1 N–H and O–H groups in total. The van der Waals surface area contributed by atoms with Crippen molar-refractivity contribution in [3.8, 4) is 0 Å². The van der Waals surface area contributed by atoms with Gasteiger partial charge in [0.2, 0.25) is 0 Å². The molecule has 2 atom stereocenters. The minimum Gasteiger partial charge on any atom is -0.391 e. The smallest absolute Gasteiger partial charge is 0.0781 e. The summed E-state index contributed by atoms with van der Waals surface area (Å²) in [6.07, 6.45) is 19.1. The maximum absolute atomic E-state index is 9.15. The molecular formula is C22H46O3. The summed E-state index contributed by atoms with van der Waals surface area (Å²) in [6, 6.07) is 0. The minimum atomic E-state index is -0.395. The quantitative estimate of drug-likeness (QED) is 0.261. The average molecular weight is 359 g/mol. The number of rotatable bonds is 20. The molecular weight excluding hydrogens is 312 g/mol. The van der Waals surface area contributed by atoms with Crippen LogP contribution >= 0.6 is 0 Å². The summed E-state index contributed by atoms with van der Waals surface area (Å²) in [6.45, 7) is 7.87. The molecule has 0 aliphatic rings. The Morgan fingerprint density at radius 1 is 0.640 bits per heavy atom. The highest BCUT2D eigenvalue weighted by Crippen LogP contribution is 2.12. The summed E-state index contributed by atoms with van der Waals surface area (Å²) in [5.74, 6) is 0. The van der Waals surface area contributed by atoms with E-state index >= 15 is 0 Å². The maximum atomic E-state index is 9.15. The number of hydrogen-bond acceptors (Lipinski definition) is 3. The van der Waals surface area contributed by atoms with Crippen LogP contribution in [-0.4, -0.2) is 37.1 Å². The minimum absolute atomic E-state index is 0.0706. The van der Waals surface area contributed by atoms with E-state index in [9.17, 15) is 0 Å². The van der Waals surface area contributed by atoms with Crippen molar-refractivity contribution in [3.05, 3.63) is 0 Å². The van der Waals surface area contributed by atoms with Gasteiger partial charge in [-0.2, -0.15) is 0 Å². The molecule has 0 aliphatic heterocycles. The Morgan fingerprint density at radius 2 is 1.08 bits per heavy atom. The molecule has 0 amide bonds. The van der Waals surface area contributed by atoms with Crippen LogP contribution in [0, 0.1) is 0 Å². The number of aliphatic hydroxyl groups is 1. The molecule has 2 unspecified atom stereocenters. The SMILES string of the molecule is CCCCCCCCCCCCCCCCOCC(C)OCC(C)O. The lowest BCUT2D eigenvalue weighted by atomic mass is 10.0. The lowest BCUT2D eigenvalue weighted by Gasteiger charge is -2.14. The molecule has 0 radical (unpaired) electrons. The van der Waals surface area contributed by atoms with Crippen molar-refractivity contribution in [1.82, 2.24) is 0 Å². The second-order valence-corrected chi connectivity index (χ2v) is 7.66. The lowest BCUT2D eigenvalue weighted by Crippen LogP contribution is -2.21. The average Bonchev–Trinajstić information content (AvgIpc) is 2.59. The van der Waals surface area contributed by atoms with Crippen LogP contribution in [-0.2, 0) is 9.47 Å². The zero-order chi connectivity index (χ0) is 18.6. The van der Waals surface area contributed by atoms with Gasteiger partial charge in [0.15, 0.2) is 0 Å². The van der Waals surface area contributed by atoms with E-state index < -0.39 is 6.10 Å². The highest BCUT2D eigenvalue weighted by Gasteiger charge is 2.04. The van der Waals surface area contributed by atoms with Gasteiger partial charge in [-0.25, -0.2) is 0 Å². The van der Waals surface area contributed by atoms with Crippen molar-refractivity contribution in [2.24, 2.45) is 0 Å². The third kappa shape index (κ3) is 21.8. The van der Waals surface area contributed by atoms with Crippen LogP contribution in [0.4, 0.5) is 0 Å². The highest BCUT2D eigenvalue weighted by molar-refractivity contribution is 4.52. The molecule has 0 spiro atoms. The Morgan fingerprint density at radius 3 is 1.52 bits per heavy atom. The van der Waals surface area contributed by atoms with Gasteiger partial charge in [-0.15, -0.1) is 0 Å². The number of ether oxygens (including phenoxy) is 2. The van der Waals surface area contributed by atoms with Gasteiger partial charge in [0, 0.05) is 6.61 Å². The maximum Gasteiger partial charge on any atom is 0.0781 e. The van der Waals surface area contributed by atoms with Gasteiger partial charge in [-0.1, -0.05) is 90.4 Å². The first-order chi connectivity index (χ1) is 12.2. The van der Waals surface area contributed by atoms with Crippen LogP contribution in [0.5, 0.6) is 0 Å². The Kier molecular flexibility index (Phi) is 20.1. The Hall–Kier alpha value is -0.120. The van der Waals surface area contributed by atoms with E-state index in [4.69, 9.17) is 14.6 Å². The van der Waals surface area contributed by atoms with Crippen LogP contribution in [0.1, 0.15) is 111 Å². The fourth-order valence-electron chi connectivity index (χ4n) is 3.00. The molecule has 0 bridgehead atoms. The molecule has 0 fully saturated rings. The van der Waals surface area contributed by atoms with Gasteiger partial charge in [0.1, 0.15) is 0 Å². The zero-order valence-corrected chi connectivity index (χ0v) is 17.4. The Bertz CT molecular complexity index is 243. The van der Waals surface area contributed by atoms with Gasteiger partial charge < -0.3 is 14.6 Å². The standard InChI is InChI=1S/C22H46O3/c1-4-5-6-7-8-9-10-11-12-13-14-15-16-17-18-24-20-22(3)25-19-21(2)23/h21-23H,4-20H2,1-3H3. The molecule has 0 heterocycles. The molecule has 0 saturated carbocycles. The van der Waals surface area contributed by atoms with Crippen molar-refractivity contribution in [1.29, 1.82) is 0 Å². The molecule has 3 heteroatoms. The van der Waals surface area contributed by atoms with Gasteiger partial charge in [-0.3, -0.25) is 0 Å². The normalized spacial score (nSPS) is 13.9. The van der Waals surface area contributed by atoms with Crippen LogP contribution in [0.2, 0.25) is 0 Å². The first-order valence-corrected chi connectivity index (χ1v) is 11.0. The second kappa shape index (κ2) is 20.2. The van der Waals surface area contributed by atoms with Crippen LogP contribution in [0.25, 0.3) is 0 Å². The summed E-state index contributed by atoms with van der Waals surface area (Å²) in [5, 5.41) is 9.15. The van der Waals surface area contributed by atoms with E-state index in [1.807, 2.05) is 6.92 Å². The molecule has 0 aromatic heterocycles. The van der Waals surface area contributed by atoms with E-state index in [-0.39, 0.29) is 6.10 Å². The zero-order valence-electron chi connectivity index (χ0n) is 17.4. The van der Waals surface area contributed by atoms with E-state index in [2.05, 4.69) is 6.92 Å². The number of hydrogen-bond donors (Lipinski definition) is 1. The van der Waals surface area contributed by atoms with Crippen LogP contribution in [0.15, 0.2) is 0 Å². The Labute approximate surface area is 157 Å². The molecule has 152 valence electrons. The van der Waals surface area contributed by atoms with Crippen molar-refractivity contribution in [3.63, 3.8) is 0 Å². The third-order valence-electron chi connectivity index (χ3n) is 4.62. The van der Waals surface area contributed by atoms with Gasteiger partial charge >= 0.3 is 0 Å². The third-order valence-corrected chi connectivity index (χ3v) is 4.62. The van der Waals surface area contributed by atoms with Crippen molar-refractivity contribution < 1.29 is 14.6 Å². The van der Waals surface area contributed by atoms with Gasteiger partial charge in [0.25, 0.3) is 0 Å². The first-order valence-electron chi connectivity index (χ1n) is 11.0. The fourth-order valence-corrected chi connectivity index (χ4v) is 3.00. The molecule has 0 rings (SSSR count). The lowest BCUT2D eigenvalue weighted by molar-refractivity contribution is -0.0369. The van der Waals surface area contributed by atoms with Gasteiger partial charge in [0.05, 0.1) is 25.4 Å². The molecule has 0 aromatic rings. The molecule has 3 nitrogen and oxygen atoms in total. The predicted octanol–water partition coefficient (Wildman–Crippen LogP) is 6.27. The molecule has 25 heavy (non-hydrogen) atoms. The topological polar surface area (TPSA) is 38.7 Å². The van der Waals surface area contributed by atoms with Crippen molar-refractivity contribution in [2.75, 3.05) is 19.8 Å². The van der Waals surface area contributed by atoms with E-state index in [0.29, 0.717) is 13.2 Å². The summed E-state index contributed by atoms with van der Waals surface area (Å²) >= 11 is 0. The first kappa shape index (κ1) is 24.9. The summed E-state index contributed by atoms with van der Waals surface area (Å²) in [5.41, 5.74) is 0. The van der Waals surface area contributed by atoms with Crippen molar-refractivity contribution in [2.45, 2.75) is 123 Å². The predicted molar refractivity (Wildman–Crippen MR) is 108 cm³/mol. The molecule has 0 aliphatic carbocycles. The van der Waals surface area contributed by atoms with Crippen LogP contribution < -0.4 is 0 Å². The second-order valence-electron chi connectivity index (χ2n) is 7.66. The van der Waals surface area contributed by atoms with E-state index in [0.717, 1.165) is 13.0 Å². The highest BCUT2D eigenvalue weighted by atomic mass is 16.5. The summed E-state index contributed by atoms with van der Waals surface area (Å²) in [7, 11) is 0. The number of aliphatic hydroxyl groups excluding tert-OH is 1. The largest absolute Gasteiger partial charge is 0.391 e. The molecule has 0 saturated heterocycles. The van der Waals surface area contributed by atoms with E-state index in [1.54, 1.807) is 6.92 Å². The van der Waals surface area contributed by atoms with Crippen molar-refractivity contribution >= 4 is 0 Å². The fraction of sp³-hybridized carbons (Fsp3) is 1.00. The Balaban J connectivity index is 3.07. The monoisotopic (exact) mass is 358 g/mol. The van der Waals surface area contributed by atoms with E-state index in [1.165, 1.54) is 83.5 Å². The van der Waals surface area contributed by atoms with Crippen LogP contribution in [0.3, 0.4) is 0 Å². The number of unbranched alkanes of at least 4 members (excludes halogenated alkanes) is 13. The van der Waals surface area contributed by atoms with Gasteiger partial charge in [-0.05, 0) is 20.3 Å².